The molecule has 188 valence electrons. The van der Waals surface area contributed by atoms with Gasteiger partial charge in [-0.15, -0.1) is 0 Å². The molecule has 7 heteroatoms. The Bertz CT molecular complexity index is 553. The van der Waals surface area contributed by atoms with Crippen molar-refractivity contribution in [1.29, 1.82) is 0 Å². The van der Waals surface area contributed by atoms with Gasteiger partial charge in [0.1, 0.15) is 12.2 Å². The Morgan fingerprint density at radius 2 is 1.50 bits per heavy atom. The van der Waals surface area contributed by atoms with E-state index in [9.17, 15) is 14.4 Å². The Kier molecular flexibility index (Phi) is 15.2. The van der Waals surface area contributed by atoms with Gasteiger partial charge in [-0.25, -0.2) is 0 Å². The topological polar surface area (TPSA) is 99.1 Å². The summed E-state index contributed by atoms with van der Waals surface area (Å²) in [5.41, 5.74) is -0.645. The van der Waals surface area contributed by atoms with E-state index in [-0.39, 0.29) is 37.5 Å². The smallest absolute Gasteiger partial charge is 0.309 e. The summed E-state index contributed by atoms with van der Waals surface area (Å²) in [4.78, 5) is 37.3. The lowest BCUT2D eigenvalue weighted by Gasteiger charge is -2.26. The van der Waals surface area contributed by atoms with E-state index < -0.39 is 23.4 Å². The van der Waals surface area contributed by atoms with Crippen LogP contribution >= 0.6 is 0 Å². The third-order valence-corrected chi connectivity index (χ3v) is 5.47. The molecule has 4 unspecified atom stereocenters. The van der Waals surface area contributed by atoms with Crippen molar-refractivity contribution in [2.75, 3.05) is 19.8 Å². The van der Waals surface area contributed by atoms with E-state index in [1.807, 2.05) is 0 Å². The van der Waals surface area contributed by atoms with Gasteiger partial charge in [-0.05, 0) is 52.4 Å². The summed E-state index contributed by atoms with van der Waals surface area (Å²) in [6, 6.07) is 0. The van der Waals surface area contributed by atoms with Crippen LogP contribution in [-0.2, 0) is 28.6 Å². The molecular formula is C25H46O7. The van der Waals surface area contributed by atoms with Crippen LogP contribution in [0.4, 0.5) is 0 Å². The molecule has 0 bridgehead atoms. The van der Waals surface area contributed by atoms with E-state index in [1.165, 1.54) is 0 Å². The van der Waals surface area contributed by atoms with Crippen molar-refractivity contribution < 1.29 is 33.7 Å². The van der Waals surface area contributed by atoms with Crippen molar-refractivity contribution in [2.45, 2.75) is 99.0 Å². The van der Waals surface area contributed by atoms with Crippen LogP contribution in [0.15, 0.2) is 0 Å². The second-order valence-electron chi connectivity index (χ2n) is 9.78. The molecule has 0 rings (SSSR count). The van der Waals surface area contributed by atoms with Crippen LogP contribution in [0.25, 0.3) is 0 Å². The summed E-state index contributed by atoms with van der Waals surface area (Å²) in [6.07, 6.45) is 5.42. The van der Waals surface area contributed by atoms with E-state index in [0.29, 0.717) is 25.4 Å². The number of esters is 3. The minimum Gasteiger partial charge on any atom is -0.465 e. The number of aliphatic hydroxyl groups excluding tert-OH is 1. The van der Waals surface area contributed by atoms with Crippen molar-refractivity contribution >= 4 is 17.9 Å². The van der Waals surface area contributed by atoms with Crippen LogP contribution in [0.3, 0.4) is 0 Å². The Morgan fingerprint density at radius 1 is 0.875 bits per heavy atom. The van der Waals surface area contributed by atoms with Gasteiger partial charge in [0, 0.05) is 0 Å². The molecular weight excluding hydrogens is 412 g/mol. The van der Waals surface area contributed by atoms with Crippen LogP contribution in [0, 0.1) is 23.7 Å². The van der Waals surface area contributed by atoms with Crippen molar-refractivity contribution in [3.05, 3.63) is 0 Å². The van der Waals surface area contributed by atoms with E-state index in [0.717, 1.165) is 25.7 Å². The van der Waals surface area contributed by atoms with Crippen molar-refractivity contribution in [1.82, 2.24) is 0 Å². The molecule has 32 heavy (non-hydrogen) atoms. The Hall–Kier alpha value is -1.63. The second-order valence-corrected chi connectivity index (χ2v) is 9.78. The van der Waals surface area contributed by atoms with Crippen LogP contribution < -0.4 is 0 Å². The molecule has 4 atom stereocenters. The van der Waals surface area contributed by atoms with Crippen molar-refractivity contribution in [3.8, 4) is 0 Å². The van der Waals surface area contributed by atoms with Gasteiger partial charge in [0.2, 0.25) is 0 Å². The molecule has 7 nitrogen and oxygen atoms in total. The zero-order chi connectivity index (χ0) is 24.7. The number of hydrogen-bond acceptors (Lipinski definition) is 7. The van der Waals surface area contributed by atoms with Gasteiger partial charge in [0.25, 0.3) is 0 Å². The normalized spacial score (nSPS) is 15.4. The van der Waals surface area contributed by atoms with Crippen LogP contribution in [0.5, 0.6) is 0 Å². The summed E-state index contributed by atoms with van der Waals surface area (Å²) in [7, 11) is 0. The number of carbonyl (C=O) groups excluding carboxylic acids is 3. The first-order chi connectivity index (χ1) is 14.9. The molecule has 0 heterocycles. The van der Waals surface area contributed by atoms with Gasteiger partial charge in [-0.2, -0.15) is 0 Å². The lowest BCUT2D eigenvalue weighted by atomic mass is 9.89. The van der Waals surface area contributed by atoms with E-state index in [1.54, 1.807) is 34.6 Å². The summed E-state index contributed by atoms with van der Waals surface area (Å²) in [5.74, 6) is -2.12. The van der Waals surface area contributed by atoms with E-state index >= 15 is 0 Å². The Balaban J connectivity index is 4.90. The van der Waals surface area contributed by atoms with Crippen molar-refractivity contribution in [2.24, 2.45) is 23.7 Å². The quantitative estimate of drug-likeness (QED) is 0.265. The summed E-state index contributed by atoms with van der Waals surface area (Å²) in [6.45, 7) is 13.3. The molecule has 0 amide bonds. The standard InChI is InChI=1S/C25H46O7/c1-8-10-11-20(9-2)17-31-22(27)18(3)12-13-21(24(29)32-25(5,6)7)16-19(4)23(28)30-15-14-26/h18-21,26H,8-17H2,1-7H3. The van der Waals surface area contributed by atoms with Gasteiger partial charge in [0.15, 0.2) is 0 Å². The summed E-state index contributed by atoms with van der Waals surface area (Å²) >= 11 is 0. The molecule has 0 aliphatic carbocycles. The first-order valence-electron chi connectivity index (χ1n) is 12.1. The predicted octanol–water partition coefficient (Wildman–Crippen LogP) is 4.68. The lowest BCUT2D eigenvalue weighted by molar-refractivity contribution is -0.162. The molecule has 0 aliphatic heterocycles. The van der Waals surface area contributed by atoms with E-state index in [2.05, 4.69) is 13.8 Å². The number of ether oxygens (including phenoxy) is 3. The molecule has 0 aromatic heterocycles. The monoisotopic (exact) mass is 458 g/mol. The number of aliphatic hydroxyl groups is 1. The third-order valence-electron chi connectivity index (χ3n) is 5.47. The Morgan fingerprint density at radius 3 is 2.03 bits per heavy atom. The fraction of sp³-hybridized carbons (Fsp3) is 0.880. The molecule has 0 aromatic rings. The maximum Gasteiger partial charge on any atom is 0.309 e. The molecule has 0 aliphatic rings. The largest absolute Gasteiger partial charge is 0.465 e. The average Bonchev–Trinajstić information content (AvgIpc) is 2.72. The highest BCUT2D eigenvalue weighted by atomic mass is 16.6. The first-order valence-corrected chi connectivity index (χ1v) is 12.1. The fourth-order valence-electron chi connectivity index (χ4n) is 3.34. The highest BCUT2D eigenvalue weighted by Gasteiger charge is 2.30. The zero-order valence-electron chi connectivity index (χ0n) is 21.3. The number of unbranched alkanes of at least 4 members (excludes halogenated alkanes) is 1. The molecule has 1 N–H and O–H groups in total. The van der Waals surface area contributed by atoms with Crippen molar-refractivity contribution in [3.63, 3.8) is 0 Å². The second kappa shape index (κ2) is 16.1. The third kappa shape index (κ3) is 13.7. The van der Waals surface area contributed by atoms with Gasteiger partial charge >= 0.3 is 17.9 Å². The molecule has 0 spiro atoms. The van der Waals surface area contributed by atoms with Gasteiger partial charge in [-0.1, -0.05) is 47.0 Å². The maximum atomic E-state index is 12.7. The average molecular weight is 459 g/mol. The molecule has 0 fully saturated rings. The number of carbonyl (C=O) groups is 3. The highest BCUT2D eigenvalue weighted by Crippen LogP contribution is 2.25. The minimum atomic E-state index is -0.645. The zero-order valence-corrected chi connectivity index (χ0v) is 21.3. The molecule has 0 radical (unpaired) electrons. The molecule has 0 aromatic carbocycles. The van der Waals surface area contributed by atoms with Gasteiger partial charge < -0.3 is 19.3 Å². The maximum absolute atomic E-state index is 12.7. The molecule has 0 saturated carbocycles. The van der Waals surface area contributed by atoms with E-state index in [4.69, 9.17) is 19.3 Å². The highest BCUT2D eigenvalue weighted by molar-refractivity contribution is 5.76. The van der Waals surface area contributed by atoms with Crippen LogP contribution in [-0.4, -0.2) is 48.4 Å². The SMILES string of the molecule is CCCCC(CC)COC(=O)C(C)CCC(CC(C)C(=O)OCCO)C(=O)OC(C)(C)C. The number of rotatable bonds is 16. The van der Waals surface area contributed by atoms with Crippen LogP contribution in [0.1, 0.15) is 93.4 Å². The minimum absolute atomic E-state index is 0.0693. The lowest BCUT2D eigenvalue weighted by Crippen LogP contribution is -2.31. The Labute approximate surface area is 194 Å². The predicted molar refractivity (Wildman–Crippen MR) is 124 cm³/mol. The fourth-order valence-corrected chi connectivity index (χ4v) is 3.34. The van der Waals surface area contributed by atoms with Crippen LogP contribution in [0.2, 0.25) is 0 Å². The van der Waals surface area contributed by atoms with Gasteiger partial charge in [-0.3, -0.25) is 14.4 Å². The van der Waals surface area contributed by atoms with Gasteiger partial charge in [0.05, 0.1) is 31.0 Å². The summed E-state index contributed by atoms with van der Waals surface area (Å²) in [5, 5.41) is 8.83. The summed E-state index contributed by atoms with van der Waals surface area (Å²) < 4.78 is 16.1. The number of hydrogen-bond donors (Lipinski definition) is 1. The molecule has 0 saturated heterocycles. The first kappa shape index (κ1) is 30.4.